The maximum absolute atomic E-state index is 11.2. The van der Waals surface area contributed by atoms with Crippen molar-refractivity contribution in [3.63, 3.8) is 0 Å². The molecule has 0 aromatic rings. The first-order valence-electron chi connectivity index (χ1n) is 6.97. The summed E-state index contributed by atoms with van der Waals surface area (Å²) in [6.07, 6.45) is 7.92. The number of carbonyl (C=O) groups is 1. The fourth-order valence-corrected chi connectivity index (χ4v) is 5.75. The van der Waals surface area contributed by atoms with E-state index >= 15 is 0 Å². The summed E-state index contributed by atoms with van der Waals surface area (Å²) in [4.78, 5) is 11.2. The van der Waals surface area contributed by atoms with E-state index in [0.717, 1.165) is 11.8 Å². The van der Waals surface area contributed by atoms with E-state index in [1.54, 1.807) is 0 Å². The summed E-state index contributed by atoms with van der Waals surface area (Å²) in [5.74, 6) is 2.82. The smallest absolute Gasteiger partial charge is 0.123 e. The van der Waals surface area contributed by atoms with Crippen LogP contribution in [-0.2, 0) is 4.79 Å². The average molecular weight is 220 g/mol. The van der Waals surface area contributed by atoms with Crippen LogP contribution in [0.15, 0.2) is 0 Å². The molecule has 2 bridgehead atoms. The van der Waals surface area contributed by atoms with E-state index in [4.69, 9.17) is 0 Å². The van der Waals surface area contributed by atoms with Gasteiger partial charge in [0, 0.05) is 5.92 Å². The van der Waals surface area contributed by atoms with Gasteiger partial charge < -0.3 is 4.79 Å². The van der Waals surface area contributed by atoms with Gasteiger partial charge in [0.25, 0.3) is 0 Å². The van der Waals surface area contributed by atoms with E-state index in [9.17, 15) is 4.79 Å². The zero-order valence-electron chi connectivity index (χ0n) is 10.8. The van der Waals surface area contributed by atoms with E-state index in [2.05, 4.69) is 20.8 Å². The minimum Gasteiger partial charge on any atom is -0.303 e. The zero-order chi connectivity index (χ0) is 11.6. The van der Waals surface area contributed by atoms with Crippen LogP contribution >= 0.6 is 0 Å². The lowest BCUT2D eigenvalue weighted by atomic mass is 9.66. The van der Waals surface area contributed by atoms with E-state index in [-0.39, 0.29) is 0 Å². The van der Waals surface area contributed by atoms with E-state index in [1.165, 1.54) is 38.4 Å². The molecule has 2 unspecified atom stereocenters. The largest absolute Gasteiger partial charge is 0.303 e. The Hall–Kier alpha value is -0.330. The van der Waals surface area contributed by atoms with E-state index in [1.807, 2.05) is 0 Å². The summed E-state index contributed by atoms with van der Waals surface area (Å²) in [7, 11) is 0. The lowest BCUT2D eigenvalue weighted by Crippen LogP contribution is -2.32. The first-order valence-corrected chi connectivity index (χ1v) is 6.97. The highest BCUT2D eigenvalue weighted by atomic mass is 16.1. The Balaban J connectivity index is 2.03. The molecule has 5 atom stereocenters. The molecule has 1 heteroatoms. The van der Waals surface area contributed by atoms with Crippen LogP contribution in [0.1, 0.15) is 52.9 Å². The summed E-state index contributed by atoms with van der Waals surface area (Å²) in [5, 5.41) is 0. The second-order valence-electron chi connectivity index (χ2n) is 7.23. The van der Waals surface area contributed by atoms with Crippen molar-refractivity contribution in [2.24, 2.45) is 34.5 Å². The van der Waals surface area contributed by atoms with Gasteiger partial charge >= 0.3 is 0 Å². The van der Waals surface area contributed by atoms with Gasteiger partial charge in [-0.25, -0.2) is 0 Å². The third-order valence-corrected chi connectivity index (χ3v) is 6.65. The Morgan fingerprint density at radius 2 is 1.94 bits per heavy atom. The van der Waals surface area contributed by atoms with Crippen molar-refractivity contribution in [2.45, 2.75) is 52.9 Å². The summed E-state index contributed by atoms with van der Waals surface area (Å²) >= 11 is 0. The van der Waals surface area contributed by atoms with Crippen molar-refractivity contribution in [3.05, 3.63) is 0 Å². The molecule has 0 aliphatic heterocycles. The van der Waals surface area contributed by atoms with Crippen molar-refractivity contribution in [1.82, 2.24) is 0 Å². The average Bonchev–Trinajstić information content (AvgIpc) is 2.65. The maximum atomic E-state index is 11.2. The monoisotopic (exact) mass is 220 g/mol. The van der Waals surface area contributed by atoms with Crippen LogP contribution in [0, 0.1) is 34.5 Å². The molecular formula is C15H24O. The predicted molar refractivity (Wildman–Crippen MR) is 65.0 cm³/mol. The molecule has 3 aliphatic rings. The van der Waals surface area contributed by atoms with Crippen molar-refractivity contribution >= 4 is 6.29 Å². The summed E-state index contributed by atoms with van der Waals surface area (Å²) in [6, 6.07) is 0. The van der Waals surface area contributed by atoms with Gasteiger partial charge in [0.2, 0.25) is 0 Å². The van der Waals surface area contributed by atoms with Gasteiger partial charge in [-0.1, -0.05) is 20.8 Å². The van der Waals surface area contributed by atoms with Crippen LogP contribution in [0.4, 0.5) is 0 Å². The molecule has 3 rings (SSSR count). The molecule has 3 saturated carbocycles. The minimum absolute atomic E-state index is 0.360. The fraction of sp³-hybridized carbons (Fsp3) is 0.933. The van der Waals surface area contributed by atoms with Gasteiger partial charge in [-0.2, -0.15) is 0 Å². The fourth-order valence-electron chi connectivity index (χ4n) is 5.75. The molecule has 90 valence electrons. The predicted octanol–water partition coefficient (Wildman–Crippen LogP) is 3.67. The van der Waals surface area contributed by atoms with Crippen molar-refractivity contribution < 1.29 is 4.79 Å². The number of rotatable bonds is 1. The van der Waals surface area contributed by atoms with Gasteiger partial charge in [-0.15, -0.1) is 0 Å². The van der Waals surface area contributed by atoms with Crippen molar-refractivity contribution in [1.29, 1.82) is 0 Å². The number of hydrogen-bond acceptors (Lipinski definition) is 1. The minimum atomic E-state index is 0.360. The topological polar surface area (TPSA) is 17.1 Å². The quantitative estimate of drug-likeness (QED) is 0.616. The SMILES string of the molecule is CC1CC[C@@H]2C(C)(C)[C@H]3C[C@@]12CCC3C=O. The molecule has 1 spiro atoms. The molecule has 16 heavy (non-hydrogen) atoms. The molecule has 0 aromatic carbocycles. The second-order valence-corrected chi connectivity index (χ2v) is 7.23. The molecule has 0 amide bonds. The Morgan fingerprint density at radius 1 is 1.19 bits per heavy atom. The molecule has 0 saturated heterocycles. The Morgan fingerprint density at radius 3 is 2.62 bits per heavy atom. The summed E-state index contributed by atoms with van der Waals surface area (Å²) < 4.78 is 0. The summed E-state index contributed by atoms with van der Waals surface area (Å²) in [6.45, 7) is 7.33. The molecule has 0 aromatic heterocycles. The van der Waals surface area contributed by atoms with Crippen LogP contribution in [0.5, 0.6) is 0 Å². The van der Waals surface area contributed by atoms with E-state index in [0.29, 0.717) is 22.7 Å². The Kier molecular flexibility index (Phi) is 2.10. The van der Waals surface area contributed by atoms with Crippen LogP contribution in [0.3, 0.4) is 0 Å². The van der Waals surface area contributed by atoms with Gasteiger partial charge in [0.1, 0.15) is 6.29 Å². The van der Waals surface area contributed by atoms with Crippen molar-refractivity contribution in [3.8, 4) is 0 Å². The highest BCUT2D eigenvalue weighted by molar-refractivity contribution is 5.55. The zero-order valence-corrected chi connectivity index (χ0v) is 10.8. The number of hydrogen-bond donors (Lipinski definition) is 0. The van der Waals surface area contributed by atoms with Crippen LogP contribution in [0.2, 0.25) is 0 Å². The molecule has 0 heterocycles. The lowest BCUT2D eigenvalue weighted by Gasteiger charge is -2.39. The maximum Gasteiger partial charge on any atom is 0.123 e. The highest BCUT2D eigenvalue weighted by Gasteiger charge is 2.65. The molecule has 3 fully saturated rings. The number of carbonyl (C=O) groups excluding carboxylic acids is 1. The third kappa shape index (κ3) is 1.05. The Labute approximate surface area is 99.0 Å². The first kappa shape index (κ1) is 10.8. The van der Waals surface area contributed by atoms with Gasteiger partial charge in [-0.05, 0) is 60.7 Å². The summed E-state index contributed by atoms with van der Waals surface area (Å²) in [5.41, 5.74) is 1.03. The molecule has 1 nitrogen and oxygen atoms in total. The van der Waals surface area contributed by atoms with Crippen LogP contribution < -0.4 is 0 Å². The highest BCUT2D eigenvalue weighted by Crippen LogP contribution is 2.72. The van der Waals surface area contributed by atoms with Gasteiger partial charge in [-0.3, -0.25) is 0 Å². The first-order chi connectivity index (χ1) is 7.52. The van der Waals surface area contributed by atoms with E-state index < -0.39 is 0 Å². The normalized spacial score (nSPS) is 53.7. The standard InChI is InChI=1S/C15H24O/c1-10-4-5-13-14(2,3)12-8-15(10,13)7-6-11(12)9-16/h9-13H,4-8H2,1-3H3/t10?,11?,12-,13+,15-/m0/s1. The molecular weight excluding hydrogens is 196 g/mol. The molecule has 0 radical (unpaired) electrons. The molecule has 0 N–H and O–H groups in total. The van der Waals surface area contributed by atoms with Crippen LogP contribution in [0.25, 0.3) is 0 Å². The number of fused-ring (bicyclic) bond motifs is 1. The van der Waals surface area contributed by atoms with Gasteiger partial charge in [0.15, 0.2) is 0 Å². The number of aldehydes is 1. The third-order valence-electron chi connectivity index (χ3n) is 6.65. The van der Waals surface area contributed by atoms with Gasteiger partial charge in [0.05, 0.1) is 0 Å². The Bertz CT molecular complexity index is 319. The van der Waals surface area contributed by atoms with Crippen molar-refractivity contribution in [2.75, 3.05) is 0 Å². The molecule has 3 aliphatic carbocycles. The second kappa shape index (κ2) is 3.11. The van der Waals surface area contributed by atoms with Crippen LogP contribution in [-0.4, -0.2) is 6.29 Å². The lowest BCUT2D eigenvalue weighted by molar-refractivity contribution is -0.115.